The summed E-state index contributed by atoms with van der Waals surface area (Å²) in [7, 11) is 0. The highest BCUT2D eigenvalue weighted by molar-refractivity contribution is 5.31. The Balaban J connectivity index is 2.14. The van der Waals surface area contributed by atoms with E-state index in [0.717, 1.165) is 5.56 Å². The van der Waals surface area contributed by atoms with Gasteiger partial charge in [-0.05, 0) is 49.1 Å². The Labute approximate surface area is 120 Å². The van der Waals surface area contributed by atoms with Crippen molar-refractivity contribution in [2.75, 3.05) is 0 Å². The summed E-state index contributed by atoms with van der Waals surface area (Å²) < 4.78 is 13.7. The van der Waals surface area contributed by atoms with Gasteiger partial charge in [-0.15, -0.1) is 0 Å². The average molecular weight is 272 g/mol. The molecule has 0 bridgehead atoms. The highest BCUT2D eigenvalue weighted by Crippen LogP contribution is 2.21. The van der Waals surface area contributed by atoms with Crippen LogP contribution in [0.25, 0.3) is 0 Å². The van der Waals surface area contributed by atoms with Gasteiger partial charge in [0.15, 0.2) is 0 Å². The Bertz CT molecular complexity index is 602. The summed E-state index contributed by atoms with van der Waals surface area (Å²) in [5.74, 6) is -0.257. The molecule has 2 aromatic rings. The van der Waals surface area contributed by atoms with Gasteiger partial charge in [0.05, 0.1) is 5.60 Å². The number of halogens is 1. The molecule has 0 amide bonds. The first-order valence-electron chi connectivity index (χ1n) is 6.89. The zero-order valence-electron chi connectivity index (χ0n) is 12.3. The number of benzene rings is 2. The zero-order valence-corrected chi connectivity index (χ0v) is 12.3. The van der Waals surface area contributed by atoms with Crippen LogP contribution >= 0.6 is 0 Å². The van der Waals surface area contributed by atoms with Gasteiger partial charge in [-0.3, -0.25) is 0 Å². The summed E-state index contributed by atoms with van der Waals surface area (Å²) >= 11 is 0. The maximum atomic E-state index is 13.7. The second-order valence-electron chi connectivity index (χ2n) is 5.86. The van der Waals surface area contributed by atoms with Crippen LogP contribution in [-0.2, 0) is 12.8 Å². The third-order valence-electron chi connectivity index (χ3n) is 3.69. The number of aliphatic hydroxyl groups is 1. The Morgan fingerprint density at radius 2 is 1.70 bits per heavy atom. The van der Waals surface area contributed by atoms with Crippen LogP contribution in [0.15, 0.2) is 42.5 Å². The highest BCUT2D eigenvalue weighted by Gasteiger charge is 2.23. The van der Waals surface area contributed by atoms with Crippen LogP contribution in [0.2, 0.25) is 0 Å². The molecule has 1 N–H and O–H groups in total. The van der Waals surface area contributed by atoms with Crippen molar-refractivity contribution in [1.29, 1.82) is 0 Å². The number of hydrogen-bond donors (Lipinski definition) is 1. The van der Waals surface area contributed by atoms with E-state index in [-0.39, 0.29) is 5.82 Å². The number of rotatable bonds is 4. The molecule has 0 aliphatic carbocycles. The minimum atomic E-state index is -0.954. The Morgan fingerprint density at radius 1 is 1.00 bits per heavy atom. The monoisotopic (exact) mass is 272 g/mol. The van der Waals surface area contributed by atoms with E-state index in [0.29, 0.717) is 18.4 Å². The van der Waals surface area contributed by atoms with E-state index in [1.54, 1.807) is 25.1 Å². The molecule has 0 saturated carbocycles. The zero-order chi connectivity index (χ0) is 14.8. The van der Waals surface area contributed by atoms with Crippen LogP contribution in [0.3, 0.4) is 0 Å². The minimum absolute atomic E-state index is 0.257. The molecule has 1 atom stereocenters. The third-order valence-corrected chi connectivity index (χ3v) is 3.69. The molecule has 20 heavy (non-hydrogen) atoms. The van der Waals surface area contributed by atoms with E-state index in [4.69, 9.17) is 0 Å². The van der Waals surface area contributed by atoms with Gasteiger partial charge in [-0.25, -0.2) is 4.39 Å². The lowest BCUT2D eigenvalue weighted by Crippen LogP contribution is -2.30. The summed E-state index contributed by atoms with van der Waals surface area (Å²) in [5, 5.41) is 10.5. The van der Waals surface area contributed by atoms with Crippen LogP contribution in [0.4, 0.5) is 4.39 Å². The Hall–Kier alpha value is -1.67. The van der Waals surface area contributed by atoms with E-state index in [9.17, 15) is 9.50 Å². The SMILES string of the molecule is Cc1ccc(CC(C)(O)Cc2ccccc2F)cc1C. The molecule has 1 nitrogen and oxygen atoms in total. The van der Waals surface area contributed by atoms with Gasteiger partial charge in [0.25, 0.3) is 0 Å². The standard InChI is InChI=1S/C18H21FO/c1-13-8-9-15(10-14(13)2)11-18(3,20)12-16-6-4-5-7-17(16)19/h4-10,20H,11-12H2,1-3H3. The molecule has 2 heteroatoms. The molecule has 0 spiro atoms. The first-order chi connectivity index (χ1) is 9.37. The summed E-state index contributed by atoms with van der Waals surface area (Å²) in [4.78, 5) is 0. The van der Waals surface area contributed by atoms with Gasteiger partial charge in [0, 0.05) is 12.8 Å². The highest BCUT2D eigenvalue weighted by atomic mass is 19.1. The molecule has 0 saturated heterocycles. The first-order valence-corrected chi connectivity index (χ1v) is 6.89. The van der Waals surface area contributed by atoms with Crippen molar-refractivity contribution in [2.24, 2.45) is 0 Å². The van der Waals surface area contributed by atoms with E-state index in [2.05, 4.69) is 26.0 Å². The van der Waals surface area contributed by atoms with E-state index >= 15 is 0 Å². The maximum absolute atomic E-state index is 13.7. The van der Waals surface area contributed by atoms with Crippen molar-refractivity contribution in [3.8, 4) is 0 Å². The van der Waals surface area contributed by atoms with Crippen LogP contribution < -0.4 is 0 Å². The Kier molecular flexibility index (Phi) is 4.24. The van der Waals surface area contributed by atoms with Crippen molar-refractivity contribution in [3.05, 3.63) is 70.5 Å². The van der Waals surface area contributed by atoms with Crippen molar-refractivity contribution >= 4 is 0 Å². The van der Waals surface area contributed by atoms with Crippen LogP contribution in [0.1, 0.15) is 29.2 Å². The van der Waals surface area contributed by atoms with Gasteiger partial charge < -0.3 is 5.11 Å². The normalized spacial score (nSPS) is 14.1. The molecule has 2 aromatic carbocycles. The van der Waals surface area contributed by atoms with Gasteiger partial charge in [-0.1, -0.05) is 36.4 Å². The largest absolute Gasteiger partial charge is 0.389 e. The molecule has 0 aromatic heterocycles. The van der Waals surface area contributed by atoms with Crippen molar-refractivity contribution in [1.82, 2.24) is 0 Å². The summed E-state index contributed by atoms with van der Waals surface area (Å²) in [6.07, 6.45) is 0.828. The van der Waals surface area contributed by atoms with Crippen LogP contribution in [0.5, 0.6) is 0 Å². The average Bonchev–Trinajstić information content (AvgIpc) is 2.36. The quantitative estimate of drug-likeness (QED) is 0.892. The maximum Gasteiger partial charge on any atom is 0.126 e. The lowest BCUT2D eigenvalue weighted by Gasteiger charge is -2.24. The fourth-order valence-corrected chi connectivity index (χ4v) is 2.47. The van der Waals surface area contributed by atoms with Crippen LogP contribution in [0, 0.1) is 19.7 Å². The molecule has 0 fully saturated rings. The fourth-order valence-electron chi connectivity index (χ4n) is 2.47. The van der Waals surface area contributed by atoms with E-state index < -0.39 is 5.60 Å². The number of hydrogen-bond acceptors (Lipinski definition) is 1. The van der Waals surface area contributed by atoms with Gasteiger partial charge in [0.1, 0.15) is 5.82 Å². The molecule has 0 radical (unpaired) electrons. The van der Waals surface area contributed by atoms with E-state index in [1.165, 1.54) is 17.2 Å². The lowest BCUT2D eigenvalue weighted by atomic mass is 9.89. The molecule has 1 unspecified atom stereocenters. The lowest BCUT2D eigenvalue weighted by molar-refractivity contribution is 0.0599. The minimum Gasteiger partial charge on any atom is -0.389 e. The van der Waals surface area contributed by atoms with Gasteiger partial charge in [0.2, 0.25) is 0 Å². The van der Waals surface area contributed by atoms with Gasteiger partial charge in [-0.2, -0.15) is 0 Å². The molecule has 0 aliphatic rings. The topological polar surface area (TPSA) is 20.2 Å². The Morgan fingerprint density at radius 3 is 2.35 bits per heavy atom. The summed E-state index contributed by atoms with van der Waals surface area (Å²) in [6.45, 7) is 5.88. The fraction of sp³-hybridized carbons (Fsp3) is 0.333. The second kappa shape index (κ2) is 5.76. The molecule has 0 heterocycles. The predicted molar refractivity (Wildman–Crippen MR) is 80.3 cm³/mol. The van der Waals surface area contributed by atoms with E-state index in [1.807, 2.05) is 6.07 Å². The van der Waals surface area contributed by atoms with Gasteiger partial charge >= 0.3 is 0 Å². The molecular weight excluding hydrogens is 251 g/mol. The van der Waals surface area contributed by atoms with Crippen molar-refractivity contribution < 1.29 is 9.50 Å². The summed E-state index contributed by atoms with van der Waals surface area (Å²) in [5.41, 5.74) is 3.13. The van der Waals surface area contributed by atoms with Crippen molar-refractivity contribution in [3.63, 3.8) is 0 Å². The molecular formula is C18H21FO. The predicted octanol–water partition coefficient (Wildman–Crippen LogP) is 3.98. The smallest absolute Gasteiger partial charge is 0.126 e. The van der Waals surface area contributed by atoms with Crippen LogP contribution in [-0.4, -0.2) is 10.7 Å². The molecule has 0 aliphatic heterocycles. The summed E-state index contributed by atoms with van der Waals surface area (Å²) in [6, 6.07) is 12.8. The molecule has 2 rings (SSSR count). The molecule has 106 valence electrons. The first kappa shape index (κ1) is 14.7. The van der Waals surface area contributed by atoms with Crippen molar-refractivity contribution in [2.45, 2.75) is 39.2 Å². The second-order valence-corrected chi connectivity index (χ2v) is 5.86. The number of aryl methyl sites for hydroxylation is 2. The third kappa shape index (κ3) is 3.67.